The number of para-hydroxylation sites is 2. The minimum Gasteiger partial charge on any atom is -0.292 e. The van der Waals surface area contributed by atoms with Gasteiger partial charge in [-0.2, -0.15) is 0 Å². The van der Waals surface area contributed by atoms with Gasteiger partial charge in [0.15, 0.2) is 0 Å². The zero-order valence-corrected chi connectivity index (χ0v) is 12.9. The van der Waals surface area contributed by atoms with Crippen molar-refractivity contribution in [1.82, 2.24) is 9.55 Å². The highest BCUT2D eigenvalue weighted by atomic mass is 15.1. The maximum Gasteiger partial charge on any atom is 0.145 e. The third-order valence-corrected chi connectivity index (χ3v) is 4.85. The highest BCUT2D eigenvalue weighted by molar-refractivity contribution is 5.89. The lowest BCUT2D eigenvalue weighted by atomic mass is 9.88. The van der Waals surface area contributed by atoms with Gasteiger partial charge in [-0.25, -0.2) is 4.98 Å². The fraction of sp³-hybridized carbons (Fsp3) is 0.0952. The van der Waals surface area contributed by atoms with Crippen LogP contribution in [0.25, 0.3) is 28.1 Å². The van der Waals surface area contributed by atoms with Gasteiger partial charge in [0.05, 0.1) is 16.7 Å². The second-order valence-electron chi connectivity index (χ2n) is 6.13. The maximum atomic E-state index is 4.95. The summed E-state index contributed by atoms with van der Waals surface area (Å²) >= 11 is 0. The van der Waals surface area contributed by atoms with Gasteiger partial charge >= 0.3 is 0 Å². The Morgan fingerprint density at radius 1 is 0.783 bits per heavy atom. The highest BCUT2D eigenvalue weighted by Crippen LogP contribution is 2.42. The first-order valence-corrected chi connectivity index (χ1v) is 8.00. The first-order chi connectivity index (χ1) is 11.3. The number of aromatic nitrogens is 2. The molecule has 0 bridgehead atoms. The lowest BCUT2D eigenvalue weighted by Gasteiger charge is -2.25. The quantitative estimate of drug-likeness (QED) is 0.474. The molecule has 2 heterocycles. The van der Waals surface area contributed by atoms with E-state index in [4.69, 9.17) is 4.98 Å². The van der Waals surface area contributed by atoms with Crippen LogP contribution in [-0.4, -0.2) is 9.55 Å². The third-order valence-electron chi connectivity index (χ3n) is 4.85. The van der Waals surface area contributed by atoms with E-state index in [0.717, 1.165) is 16.9 Å². The van der Waals surface area contributed by atoms with Gasteiger partial charge in [0, 0.05) is 11.5 Å². The van der Waals surface area contributed by atoms with Crippen molar-refractivity contribution in [3.05, 3.63) is 83.9 Å². The molecule has 0 N–H and O–H groups in total. The van der Waals surface area contributed by atoms with Crippen molar-refractivity contribution in [2.75, 3.05) is 0 Å². The predicted octanol–water partition coefficient (Wildman–Crippen LogP) is 5.16. The molecule has 0 amide bonds. The zero-order chi connectivity index (χ0) is 15.4. The van der Waals surface area contributed by atoms with Crippen molar-refractivity contribution in [1.29, 1.82) is 0 Å². The molecule has 0 saturated carbocycles. The summed E-state index contributed by atoms with van der Waals surface area (Å²) in [6.45, 7) is 2.28. The standard InChI is InChI=1S/C21H16N2/c1-14-16-10-5-6-13-19(16)23-20-17(14)11-7-12-18(20)22-21(23)15-8-3-2-4-9-15/h2-14H,1H3/t14-/m1/s1. The van der Waals surface area contributed by atoms with Gasteiger partial charge in [-0.1, -0.05) is 67.6 Å². The van der Waals surface area contributed by atoms with Crippen LogP contribution < -0.4 is 0 Å². The van der Waals surface area contributed by atoms with Crippen LogP contribution in [0.15, 0.2) is 72.8 Å². The minimum absolute atomic E-state index is 0.391. The van der Waals surface area contributed by atoms with Crippen molar-refractivity contribution in [3.63, 3.8) is 0 Å². The van der Waals surface area contributed by atoms with Crippen LogP contribution in [0.5, 0.6) is 0 Å². The zero-order valence-electron chi connectivity index (χ0n) is 12.9. The topological polar surface area (TPSA) is 17.8 Å². The molecule has 23 heavy (non-hydrogen) atoms. The molecule has 0 aliphatic carbocycles. The Kier molecular flexibility index (Phi) is 2.51. The monoisotopic (exact) mass is 296 g/mol. The van der Waals surface area contributed by atoms with Gasteiger partial charge in [0.25, 0.3) is 0 Å². The molecule has 3 aromatic carbocycles. The Morgan fingerprint density at radius 3 is 2.39 bits per heavy atom. The van der Waals surface area contributed by atoms with Gasteiger partial charge in [-0.3, -0.25) is 4.57 Å². The van der Waals surface area contributed by atoms with Gasteiger partial charge < -0.3 is 0 Å². The van der Waals surface area contributed by atoms with Gasteiger partial charge in [-0.15, -0.1) is 0 Å². The number of nitrogens with zero attached hydrogens (tertiary/aromatic N) is 2. The average Bonchev–Trinajstić information content (AvgIpc) is 3.01. The van der Waals surface area contributed by atoms with E-state index in [1.165, 1.54) is 22.3 Å². The average molecular weight is 296 g/mol. The molecule has 0 fully saturated rings. The first kappa shape index (κ1) is 12.7. The lowest BCUT2D eigenvalue weighted by Crippen LogP contribution is -2.12. The summed E-state index contributed by atoms with van der Waals surface area (Å²) in [6.07, 6.45) is 0. The van der Waals surface area contributed by atoms with E-state index in [2.05, 4.69) is 78.2 Å². The van der Waals surface area contributed by atoms with Crippen LogP contribution in [-0.2, 0) is 0 Å². The molecule has 1 aliphatic heterocycles. The van der Waals surface area contributed by atoms with E-state index < -0.39 is 0 Å². The molecule has 0 spiro atoms. The second kappa shape index (κ2) is 4.56. The summed E-state index contributed by atoms with van der Waals surface area (Å²) in [5, 5.41) is 0. The van der Waals surface area contributed by atoms with Crippen LogP contribution in [0.3, 0.4) is 0 Å². The summed E-state index contributed by atoms with van der Waals surface area (Å²) in [4.78, 5) is 4.95. The van der Waals surface area contributed by atoms with E-state index >= 15 is 0 Å². The van der Waals surface area contributed by atoms with Gasteiger partial charge in [-0.05, 0) is 23.3 Å². The summed E-state index contributed by atoms with van der Waals surface area (Å²) in [5.74, 6) is 1.41. The smallest absolute Gasteiger partial charge is 0.145 e. The number of benzene rings is 3. The molecule has 0 unspecified atom stereocenters. The number of imidazole rings is 1. The van der Waals surface area contributed by atoms with Crippen molar-refractivity contribution in [2.45, 2.75) is 12.8 Å². The van der Waals surface area contributed by atoms with E-state index in [9.17, 15) is 0 Å². The van der Waals surface area contributed by atoms with Crippen LogP contribution in [0, 0.1) is 0 Å². The van der Waals surface area contributed by atoms with Crippen LogP contribution in [0.2, 0.25) is 0 Å². The fourth-order valence-corrected chi connectivity index (χ4v) is 3.74. The van der Waals surface area contributed by atoms with Crippen LogP contribution in [0.1, 0.15) is 24.0 Å². The van der Waals surface area contributed by atoms with E-state index in [-0.39, 0.29) is 0 Å². The lowest BCUT2D eigenvalue weighted by molar-refractivity contribution is 0.873. The molecular formula is C21H16N2. The molecule has 2 nitrogen and oxygen atoms in total. The van der Waals surface area contributed by atoms with E-state index in [1.807, 2.05) is 6.07 Å². The van der Waals surface area contributed by atoms with Crippen molar-refractivity contribution in [3.8, 4) is 17.1 Å². The largest absolute Gasteiger partial charge is 0.292 e. The van der Waals surface area contributed by atoms with E-state index in [1.54, 1.807) is 0 Å². The fourth-order valence-electron chi connectivity index (χ4n) is 3.74. The number of hydrogen-bond acceptors (Lipinski definition) is 1. The summed E-state index contributed by atoms with van der Waals surface area (Å²) < 4.78 is 2.33. The van der Waals surface area contributed by atoms with Gasteiger partial charge in [0.2, 0.25) is 0 Å². The molecule has 1 atom stereocenters. The molecular weight excluding hydrogens is 280 g/mol. The summed E-state index contributed by atoms with van der Waals surface area (Å²) in [5.41, 5.74) is 7.44. The molecule has 1 aliphatic rings. The van der Waals surface area contributed by atoms with E-state index in [0.29, 0.717) is 5.92 Å². The molecule has 0 saturated heterocycles. The van der Waals surface area contributed by atoms with Crippen LogP contribution >= 0.6 is 0 Å². The first-order valence-electron chi connectivity index (χ1n) is 8.00. The summed E-state index contributed by atoms with van der Waals surface area (Å²) in [7, 11) is 0. The molecule has 2 heteroatoms. The summed E-state index contributed by atoms with van der Waals surface area (Å²) in [6, 6.07) is 25.6. The molecule has 110 valence electrons. The van der Waals surface area contributed by atoms with Gasteiger partial charge in [0.1, 0.15) is 5.82 Å². The molecule has 4 aromatic rings. The van der Waals surface area contributed by atoms with Crippen molar-refractivity contribution in [2.24, 2.45) is 0 Å². The second-order valence-corrected chi connectivity index (χ2v) is 6.13. The van der Waals surface area contributed by atoms with Crippen molar-refractivity contribution < 1.29 is 0 Å². The molecule has 1 aromatic heterocycles. The number of rotatable bonds is 1. The highest BCUT2D eigenvalue weighted by Gasteiger charge is 2.27. The number of hydrogen-bond donors (Lipinski definition) is 0. The molecule has 5 rings (SSSR count). The Balaban J connectivity index is 1.96. The Morgan fingerprint density at radius 2 is 1.52 bits per heavy atom. The third kappa shape index (κ3) is 1.66. The predicted molar refractivity (Wildman–Crippen MR) is 94.0 cm³/mol. The Hall–Kier alpha value is -2.87. The van der Waals surface area contributed by atoms with Crippen molar-refractivity contribution >= 4 is 11.0 Å². The maximum absolute atomic E-state index is 4.95. The Bertz CT molecular complexity index is 1030. The minimum atomic E-state index is 0.391. The number of fused-ring (bicyclic) bond motifs is 2. The normalized spacial score (nSPS) is 15.6. The molecule has 0 radical (unpaired) electrons. The van der Waals surface area contributed by atoms with Crippen LogP contribution in [0.4, 0.5) is 0 Å². The SMILES string of the molecule is C[C@@H]1c2ccccc2-n2c(-c3ccccc3)nc3cccc1c32. The Labute approximate surface area is 135 Å².